The standard InChI is InChI=1S/C7H15N3/c8-1-6(9)7-4-2-10-3-5(4)7/h4-7,10H,1-3,8-9H2/t4-,5+,6?,7?. The van der Waals surface area contributed by atoms with E-state index in [0.717, 1.165) is 17.8 Å². The first-order valence-electron chi connectivity index (χ1n) is 4.01. The predicted molar refractivity (Wildman–Crippen MR) is 40.4 cm³/mol. The molecule has 0 radical (unpaired) electrons. The van der Waals surface area contributed by atoms with Crippen molar-refractivity contribution >= 4 is 0 Å². The molecule has 10 heavy (non-hydrogen) atoms. The molecule has 58 valence electrons. The first-order chi connectivity index (χ1) is 4.84. The molecule has 2 rings (SSSR count). The summed E-state index contributed by atoms with van der Waals surface area (Å²) in [6, 6.07) is 0.261. The number of piperidine rings is 1. The van der Waals surface area contributed by atoms with Crippen LogP contribution in [-0.4, -0.2) is 25.7 Å². The number of fused-ring (bicyclic) bond motifs is 1. The summed E-state index contributed by atoms with van der Waals surface area (Å²) in [5, 5.41) is 3.33. The molecule has 4 atom stereocenters. The second-order valence-corrected chi connectivity index (χ2v) is 3.46. The maximum atomic E-state index is 5.82. The minimum atomic E-state index is 0.261. The van der Waals surface area contributed by atoms with E-state index < -0.39 is 0 Å². The number of nitrogens with one attached hydrogen (secondary N) is 1. The molecule has 0 aromatic heterocycles. The van der Waals surface area contributed by atoms with E-state index in [9.17, 15) is 0 Å². The maximum Gasteiger partial charge on any atom is 0.0198 e. The van der Waals surface area contributed by atoms with Crippen LogP contribution < -0.4 is 16.8 Å². The smallest absolute Gasteiger partial charge is 0.0198 e. The SMILES string of the molecule is NCC(N)C1[C@H]2CNC[C@@H]12. The molecule has 1 heterocycles. The van der Waals surface area contributed by atoms with Gasteiger partial charge in [-0.05, 0) is 30.8 Å². The van der Waals surface area contributed by atoms with E-state index in [4.69, 9.17) is 11.5 Å². The van der Waals surface area contributed by atoms with E-state index in [-0.39, 0.29) is 6.04 Å². The Hall–Kier alpha value is -0.120. The highest BCUT2D eigenvalue weighted by molar-refractivity contribution is 5.07. The Bertz CT molecular complexity index is 124. The zero-order valence-electron chi connectivity index (χ0n) is 6.09. The molecule has 2 unspecified atom stereocenters. The zero-order valence-corrected chi connectivity index (χ0v) is 6.09. The van der Waals surface area contributed by atoms with Crippen LogP contribution in [0.25, 0.3) is 0 Å². The second-order valence-electron chi connectivity index (χ2n) is 3.46. The quantitative estimate of drug-likeness (QED) is 0.449. The van der Waals surface area contributed by atoms with Crippen molar-refractivity contribution in [1.82, 2.24) is 5.32 Å². The van der Waals surface area contributed by atoms with Gasteiger partial charge in [0.1, 0.15) is 0 Å². The van der Waals surface area contributed by atoms with Crippen molar-refractivity contribution in [2.45, 2.75) is 6.04 Å². The fraction of sp³-hybridized carbons (Fsp3) is 1.00. The zero-order chi connectivity index (χ0) is 7.14. The van der Waals surface area contributed by atoms with Gasteiger partial charge >= 0.3 is 0 Å². The van der Waals surface area contributed by atoms with Gasteiger partial charge in [0.25, 0.3) is 0 Å². The summed E-state index contributed by atoms with van der Waals surface area (Å²) >= 11 is 0. The molecular weight excluding hydrogens is 126 g/mol. The van der Waals surface area contributed by atoms with Gasteiger partial charge in [-0.2, -0.15) is 0 Å². The third-order valence-corrected chi connectivity index (χ3v) is 2.92. The lowest BCUT2D eigenvalue weighted by Crippen LogP contribution is -2.35. The molecule has 1 aliphatic heterocycles. The van der Waals surface area contributed by atoms with E-state index in [2.05, 4.69) is 5.32 Å². The molecule has 0 aromatic carbocycles. The Balaban J connectivity index is 1.88. The summed E-state index contributed by atoms with van der Waals surface area (Å²) < 4.78 is 0. The molecular formula is C7H15N3. The lowest BCUT2D eigenvalue weighted by atomic mass is 10.1. The van der Waals surface area contributed by atoms with Crippen LogP contribution in [0.2, 0.25) is 0 Å². The lowest BCUT2D eigenvalue weighted by molar-refractivity contribution is 0.499. The fourth-order valence-corrected chi connectivity index (χ4v) is 2.26. The molecule has 0 aromatic rings. The molecule has 1 saturated carbocycles. The molecule has 1 aliphatic carbocycles. The van der Waals surface area contributed by atoms with Crippen molar-refractivity contribution < 1.29 is 0 Å². The Kier molecular flexibility index (Phi) is 1.44. The van der Waals surface area contributed by atoms with Crippen LogP contribution in [0.4, 0.5) is 0 Å². The molecule has 2 aliphatic rings. The molecule has 0 spiro atoms. The summed E-state index contributed by atoms with van der Waals surface area (Å²) in [6.07, 6.45) is 0. The molecule has 2 fully saturated rings. The van der Waals surface area contributed by atoms with Crippen LogP contribution >= 0.6 is 0 Å². The van der Waals surface area contributed by atoms with Crippen LogP contribution in [0.5, 0.6) is 0 Å². The molecule has 5 N–H and O–H groups in total. The highest BCUT2D eigenvalue weighted by Gasteiger charge is 2.54. The van der Waals surface area contributed by atoms with Crippen molar-refractivity contribution in [3.63, 3.8) is 0 Å². The molecule has 0 bridgehead atoms. The maximum absolute atomic E-state index is 5.82. The van der Waals surface area contributed by atoms with E-state index in [1.54, 1.807) is 0 Å². The Labute approximate surface area is 61.1 Å². The first-order valence-corrected chi connectivity index (χ1v) is 4.01. The van der Waals surface area contributed by atoms with Crippen molar-refractivity contribution in [3.05, 3.63) is 0 Å². The lowest BCUT2D eigenvalue weighted by Gasteiger charge is -2.10. The molecule has 3 heteroatoms. The summed E-state index contributed by atoms with van der Waals surface area (Å²) in [6.45, 7) is 2.99. The van der Waals surface area contributed by atoms with Crippen LogP contribution in [0, 0.1) is 17.8 Å². The monoisotopic (exact) mass is 141 g/mol. The van der Waals surface area contributed by atoms with E-state index in [1.165, 1.54) is 13.1 Å². The van der Waals surface area contributed by atoms with Gasteiger partial charge in [-0.15, -0.1) is 0 Å². The van der Waals surface area contributed by atoms with E-state index in [0.29, 0.717) is 6.54 Å². The van der Waals surface area contributed by atoms with Crippen LogP contribution in [0.15, 0.2) is 0 Å². The average Bonchev–Trinajstić information content (AvgIpc) is 2.43. The number of hydrogen-bond acceptors (Lipinski definition) is 3. The van der Waals surface area contributed by atoms with Gasteiger partial charge in [0, 0.05) is 12.6 Å². The van der Waals surface area contributed by atoms with Crippen molar-refractivity contribution in [3.8, 4) is 0 Å². The van der Waals surface area contributed by atoms with Gasteiger partial charge in [-0.1, -0.05) is 0 Å². The van der Waals surface area contributed by atoms with Crippen LogP contribution in [0.1, 0.15) is 0 Å². The minimum Gasteiger partial charge on any atom is -0.329 e. The average molecular weight is 141 g/mol. The van der Waals surface area contributed by atoms with Crippen molar-refractivity contribution in [2.24, 2.45) is 29.2 Å². The Morgan fingerprint density at radius 2 is 2.00 bits per heavy atom. The second kappa shape index (κ2) is 2.19. The third-order valence-electron chi connectivity index (χ3n) is 2.92. The molecule has 3 nitrogen and oxygen atoms in total. The number of rotatable bonds is 2. The van der Waals surface area contributed by atoms with E-state index in [1.807, 2.05) is 0 Å². The number of nitrogens with two attached hydrogens (primary N) is 2. The number of hydrogen-bond donors (Lipinski definition) is 3. The first kappa shape index (κ1) is 6.58. The summed E-state index contributed by atoms with van der Waals surface area (Å²) in [7, 11) is 0. The summed E-state index contributed by atoms with van der Waals surface area (Å²) in [5.41, 5.74) is 11.3. The predicted octanol–water partition coefficient (Wildman–Crippen LogP) is -1.26. The largest absolute Gasteiger partial charge is 0.329 e. The summed E-state index contributed by atoms with van der Waals surface area (Å²) in [5.74, 6) is 2.46. The molecule has 0 amide bonds. The van der Waals surface area contributed by atoms with Gasteiger partial charge in [-0.3, -0.25) is 0 Å². The van der Waals surface area contributed by atoms with Gasteiger partial charge in [0.05, 0.1) is 0 Å². The van der Waals surface area contributed by atoms with Crippen molar-refractivity contribution in [2.75, 3.05) is 19.6 Å². The highest BCUT2D eigenvalue weighted by Crippen LogP contribution is 2.49. The Morgan fingerprint density at radius 1 is 1.40 bits per heavy atom. The fourth-order valence-electron chi connectivity index (χ4n) is 2.26. The van der Waals surface area contributed by atoms with E-state index >= 15 is 0 Å². The van der Waals surface area contributed by atoms with Crippen molar-refractivity contribution in [1.29, 1.82) is 0 Å². The van der Waals surface area contributed by atoms with Gasteiger partial charge in [0.2, 0.25) is 0 Å². The minimum absolute atomic E-state index is 0.261. The normalized spacial score (nSPS) is 46.8. The molecule has 1 saturated heterocycles. The van der Waals surface area contributed by atoms with Crippen LogP contribution in [0.3, 0.4) is 0 Å². The summed E-state index contributed by atoms with van der Waals surface area (Å²) in [4.78, 5) is 0. The van der Waals surface area contributed by atoms with Crippen LogP contribution in [-0.2, 0) is 0 Å². The van der Waals surface area contributed by atoms with Gasteiger partial charge < -0.3 is 16.8 Å². The van der Waals surface area contributed by atoms with Gasteiger partial charge in [0.15, 0.2) is 0 Å². The highest BCUT2D eigenvalue weighted by atomic mass is 15.0. The topological polar surface area (TPSA) is 64.1 Å². The Morgan fingerprint density at radius 3 is 2.50 bits per heavy atom. The van der Waals surface area contributed by atoms with Gasteiger partial charge in [-0.25, -0.2) is 0 Å². The third kappa shape index (κ3) is 0.779.